The van der Waals surface area contributed by atoms with Gasteiger partial charge in [-0.3, -0.25) is 4.79 Å². The predicted octanol–water partition coefficient (Wildman–Crippen LogP) is 1.49. The second kappa shape index (κ2) is 4.68. The minimum Gasteiger partial charge on any atom is -0.390 e. The number of aliphatic hydroxyl groups excluding tert-OH is 1. The topological polar surface area (TPSA) is 78.0 Å². The number of nitrogens with one attached hydrogen (secondary N) is 2. The molecule has 2 atom stereocenters. The Kier molecular flexibility index (Phi) is 3.00. The highest BCUT2D eigenvalue weighted by molar-refractivity contribution is 6.32. The van der Waals surface area contributed by atoms with E-state index < -0.39 is 11.7 Å². The fourth-order valence-corrected chi connectivity index (χ4v) is 2.55. The number of H-pyrrole nitrogens is 1. The molecule has 0 spiro atoms. The first kappa shape index (κ1) is 12.2. The highest BCUT2D eigenvalue weighted by Crippen LogP contribution is 2.34. The van der Waals surface area contributed by atoms with Crippen molar-refractivity contribution in [1.29, 1.82) is 0 Å². The summed E-state index contributed by atoms with van der Waals surface area (Å²) >= 11 is 5.92. The number of halogens is 1. The number of anilines is 1. The van der Waals surface area contributed by atoms with E-state index in [0.29, 0.717) is 12.1 Å². The van der Waals surface area contributed by atoms with Crippen molar-refractivity contribution in [2.24, 2.45) is 0 Å². The Morgan fingerprint density at radius 2 is 2.21 bits per heavy atom. The summed E-state index contributed by atoms with van der Waals surface area (Å²) in [6, 6.07) is 7.52. The maximum atomic E-state index is 11.4. The molecule has 0 aliphatic heterocycles. The third kappa shape index (κ3) is 2.11. The molecule has 3 rings (SSSR count). The van der Waals surface area contributed by atoms with Crippen LogP contribution in [-0.4, -0.2) is 21.4 Å². The lowest BCUT2D eigenvalue weighted by Crippen LogP contribution is -2.23. The van der Waals surface area contributed by atoms with Crippen LogP contribution in [-0.2, 0) is 6.42 Å². The lowest BCUT2D eigenvalue weighted by molar-refractivity contribution is 0.166. The second-order valence-electron chi connectivity index (χ2n) is 4.52. The molecule has 0 bridgehead atoms. The van der Waals surface area contributed by atoms with Crippen molar-refractivity contribution < 1.29 is 5.11 Å². The van der Waals surface area contributed by atoms with Crippen LogP contribution >= 0.6 is 11.6 Å². The molecule has 0 fully saturated rings. The molecule has 0 saturated carbocycles. The average molecular weight is 278 g/mol. The van der Waals surface area contributed by atoms with Gasteiger partial charge in [0.25, 0.3) is 5.56 Å². The summed E-state index contributed by atoms with van der Waals surface area (Å²) in [6.07, 6.45) is 1.48. The first-order valence-electron chi connectivity index (χ1n) is 5.92. The van der Waals surface area contributed by atoms with Crippen LogP contribution in [0, 0.1) is 0 Å². The van der Waals surface area contributed by atoms with Crippen molar-refractivity contribution in [1.82, 2.24) is 10.2 Å². The van der Waals surface area contributed by atoms with E-state index in [-0.39, 0.29) is 11.1 Å². The Morgan fingerprint density at radius 1 is 1.42 bits per heavy atom. The number of aliphatic hydroxyl groups is 1. The van der Waals surface area contributed by atoms with Crippen molar-refractivity contribution in [3.63, 3.8) is 0 Å². The van der Waals surface area contributed by atoms with Gasteiger partial charge < -0.3 is 10.4 Å². The van der Waals surface area contributed by atoms with Gasteiger partial charge in [-0.1, -0.05) is 35.9 Å². The second-order valence-corrected chi connectivity index (χ2v) is 4.90. The van der Waals surface area contributed by atoms with Crippen molar-refractivity contribution in [2.45, 2.75) is 18.6 Å². The normalized spacial score (nSPS) is 21.2. The maximum Gasteiger partial charge on any atom is 0.285 e. The first-order valence-corrected chi connectivity index (χ1v) is 6.30. The Bertz CT molecular complexity index is 671. The molecule has 1 heterocycles. The highest BCUT2D eigenvalue weighted by Gasteiger charge is 2.31. The molecule has 6 heteroatoms. The maximum absolute atomic E-state index is 11.4. The monoisotopic (exact) mass is 277 g/mol. The number of benzene rings is 1. The molecular weight excluding hydrogens is 266 g/mol. The molecule has 0 unspecified atom stereocenters. The number of fused-ring (bicyclic) bond motifs is 1. The van der Waals surface area contributed by atoms with E-state index in [0.717, 1.165) is 11.1 Å². The number of hydrogen-bond acceptors (Lipinski definition) is 4. The summed E-state index contributed by atoms with van der Waals surface area (Å²) < 4.78 is 0. The van der Waals surface area contributed by atoms with E-state index in [1.165, 1.54) is 6.20 Å². The third-order valence-electron chi connectivity index (χ3n) is 3.31. The van der Waals surface area contributed by atoms with Crippen LogP contribution in [0.4, 0.5) is 5.69 Å². The SMILES string of the molecule is O=c1[nH]ncc(N[C@H]2c3ccccc3C[C@H]2O)c1Cl. The van der Waals surface area contributed by atoms with E-state index in [2.05, 4.69) is 15.5 Å². The highest BCUT2D eigenvalue weighted by atomic mass is 35.5. The molecule has 3 N–H and O–H groups in total. The Balaban J connectivity index is 1.96. The molecule has 19 heavy (non-hydrogen) atoms. The fraction of sp³-hybridized carbons (Fsp3) is 0.231. The summed E-state index contributed by atoms with van der Waals surface area (Å²) in [7, 11) is 0. The minimum absolute atomic E-state index is 0.0478. The van der Waals surface area contributed by atoms with Crippen LogP contribution in [0.15, 0.2) is 35.3 Å². The zero-order chi connectivity index (χ0) is 13.4. The van der Waals surface area contributed by atoms with Gasteiger partial charge in [-0.2, -0.15) is 5.10 Å². The fourth-order valence-electron chi connectivity index (χ4n) is 2.40. The molecule has 5 nitrogen and oxygen atoms in total. The molecule has 0 radical (unpaired) electrons. The zero-order valence-corrected chi connectivity index (χ0v) is 10.7. The minimum atomic E-state index is -0.548. The van der Waals surface area contributed by atoms with Crippen molar-refractivity contribution in [3.8, 4) is 0 Å². The number of nitrogens with zero attached hydrogens (tertiary/aromatic N) is 1. The quantitative estimate of drug-likeness (QED) is 0.777. The van der Waals surface area contributed by atoms with E-state index >= 15 is 0 Å². The lowest BCUT2D eigenvalue weighted by atomic mass is 10.1. The van der Waals surface area contributed by atoms with Gasteiger partial charge in [0.05, 0.1) is 24.0 Å². The van der Waals surface area contributed by atoms with Crippen molar-refractivity contribution >= 4 is 17.3 Å². The number of aromatic nitrogens is 2. The molecular formula is C13H12ClN3O2. The predicted molar refractivity (Wildman–Crippen MR) is 72.4 cm³/mol. The largest absolute Gasteiger partial charge is 0.390 e. The van der Waals surface area contributed by atoms with Gasteiger partial charge in [-0.15, -0.1) is 0 Å². The number of rotatable bonds is 2. The molecule has 2 aromatic rings. The van der Waals surface area contributed by atoms with Gasteiger partial charge in [-0.25, -0.2) is 5.10 Å². The molecule has 1 aliphatic carbocycles. The van der Waals surface area contributed by atoms with Crippen LogP contribution in [0.25, 0.3) is 0 Å². The van der Waals surface area contributed by atoms with E-state index in [9.17, 15) is 9.90 Å². The van der Waals surface area contributed by atoms with Gasteiger partial charge in [0.1, 0.15) is 5.02 Å². The van der Waals surface area contributed by atoms with Crippen LogP contribution in [0.3, 0.4) is 0 Å². The summed E-state index contributed by atoms with van der Waals surface area (Å²) in [5, 5.41) is 19.2. The Morgan fingerprint density at radius 3 is 3.05 bits per heavy atom. The summed E-state index contributed by atoms with van der Waals surface area (Å²) in [5.41, 5.74) is 2.09. The molecule has 1 aromatic carbocycles. The third-order valence-corrected chi connectivity index (χ3v) is 3.69. The Labute approximate surface area is 114 Å². The van der Waals surface area contributed by atoms with Crippen LogP contribution in [0.2, 0.25) is 5.02 Å². The van der Waals surface area contributed by atoms with E-state index in [4.69, 9.17) is 11.6 Å². The number of aromatic amines is 1. The van der Waals surface area contributed by atoms with Crippen LogP contribution < -0.4 is 10.9 Å². The molecule has 0 saturated heterocycles. The van der Waals surface area contributed by atoms with E-state index in [1.807, 2.05) is 24.3 Å². The Hall–Kier alpha value is -1.85. The lowest BCUT2D eigenvalue weighted by Gasteiger charge is -2.19. The van der Waals surface area contributed by atoms with Gasteiger partial charge in [0.2, 0.25) is 0 Å². The molecule has 98 valence electrons. The molecule has 1 aromatic heterocycles. The van der Waals surface area contributed by atoms with Gasteiger partial charge in [0, 0.05) is 6.42 Å². The average Bonchev–Trinajstić information content (AvgIpc) is 2.72. The molecule has 1 aliphatic rings. The van der Waals surface area contributed by atoms with Gasteiger partial charge >= 0.3 is 0 Å². The summed E-state index contributed by atoms with van der Waals surface area (Å²) in [4.78, 5) is 11.4. The zero-order valence-electron chi connectivity index (χ0n) is 9.93. The number of hydrogen-bond donors (Lipinski definition) is 3. The smallest absolute Gasteiger partial charge is 0.285 e. The van der Waals surface area contributed by atoms with E-state index in [1.54, 1.807) is 0 Å². The van der Waals surface area contributed by atoms with Gasteiger partial charge in [-0.05, 0) is 11.1 Å². The summed E-state index contributed by atoms with van der Waals surface area (Å²) in [5.74, 6) is 0. The van der Waals surface area contributed by atoms with Crippen molar-refractivity contribution in [2.75, 3.05) is 5.32 Å². The standard InChI is InChI=1S/C13H12ClN3O2/c14-11-9(6-15-17-13(11)19)16-12-8-4-2-1-3-7(8)5-10(12)18/h1-4,6,10,12,18H,5H2,(H2,16,17,19)/t10-,12+/m1/s1. The summed E-state index contributed by atoms with van der Waals surface area (Å²) in [6.45, 7) is 0. The van der Waals surface area contributed by atoms with Gasteiger partial charge in [0.15, 0.2) is 0 Å². The van der Waals surface area contributed by atoms with Crippen LogP contribution in [0.5, 0.6) is 0 Å². The van der Waals surface area contributed by atoms with Crippen LogP contribution in [0.1, 0.15) is 17.2 Å². The van der Waals surface area contributed by atoms with Crippen molar-refractivity contribution in [3.05, 3.63) is 57.0 Å². The molecule has 0 amide bonds. The first-order chi connectivity index (χ1) is 9.16.